The summed E-state index contributed by atoms with van der Waals surface area (Å²) in [4.78, 5) is 0. The minimum absolute atomic E-state index is 0. The molecule has 3 rings (SSSR count). The molecule has 0 unspecified atom stereocenters. The van der Waals surface area contributed by atoms with E-state index in [1.54, 1.807) is 18.2 Å². The van der Waals surface area contributed by atoms with E-state index >= 15 is 0 Å². The highest BCUT2D eigenvalue weighted by Crippen LogP contribution is 2.28. The van der Waals surface area contributed by atoms with Gasteiger partial charge in [0, 0.05) is 15.6 Å². The molecule has 0 aliphatic carbocycles. The van der Waals surface area contributed by atoms with Gasteiger partial charge in [-0.15, -0.1) is 12.4 Å². The summed E-state index contributed by atoms with van der Waals surface area (Å²) in [6.45, 7) is 1.24. The topological polar surface area (TPSA) is 25.2 Å². The summed E-state index contributed by atoms with van der Waals surface area (Å²) in [7, 11) is 0. The van der Waals surface area contributed by atoms with Gasteiger partial charge in [0.25, 0.3) is 0 Å². The number of halogens is 4. The minimum Gasteiger partial charge on any atom is -0.460 e. The molecular weight excluding hydrogens is 384 g/mol. The van der Waals surface area contributed by atoms with E-state index in [0.717, 1.165) is 11.3 Å². The fourth-order valence-electron chi connectivity index (χ4n) is 2.46. The third kappa shape index (κ3) is 5.48. The molecule has 25 heavy (non-hydrogen) atoms. The average molecular weight is 401 g/mol. The van der Waals surface area contributed by atoms with Gasteiger partial charge in [0.15, 0.2) is 0 Å². The molecule has 0 aliphatic rings. The van der Waals surface area contributed by atoms with Crippen LogP contribution in [0.2, 0.25) is 10.0 Å². The number of hydrogen-bond acceptors (Lipinski definition) is 2. The Morgan fingerprint density at radius 2 is 1.68 bits per heavy atom. The molecule has 1 aromatic heterocycles. The molecule has 6 heteroatoms. The Balaban J connectivity index is 0.00000225. The van der Waals surface area contributed by atoms with Gasteiger partial charge in [-0.25, -0.2) is 4.39 Å². The van der Waals surface area contributed by atoms with E-state index in [1.807, 2.05) is 30.3 Å². The highest BCUT2D eigenvalue weighted by molar-refractivity contribution is 6.35. The predicted octanol–water partition coefficient (Wildman–Crippen LogP) is 6.15. The number of benzene rings is 2. The fourth-order valence-corrected chi connectivity index (χ4v) is 2.99. The number of hydrogen-bond donors (Lipinski definition) is 1. The van der Waals surface area contributed by atoms with Gasteiger partial charge in [-0.1, -0.05) is 41.4 Å². The van der Waals surface area contributed by atoms with Crippen LogP contribution >= 0.6 is 35.6 Å². The van der Waals surface area contributed by atoms with E-state index in [4.69, 9.17) is 27.6 Å². The molecule has 0 saturated carbocycles. The van der Waals surface area contributed by atoms with Gasteiger partial charge in [-0.2, -0.15) is 0 Å². The van der Waals surface area contributed by atoms with Crippen molar-refractivity contribution in [3.8, 4) is 11.3 Å². The van der Waals surface area contributed by atoms with Crippen molar-refractivity contribution in [1.82, 2.24) is 5.32 Å². The lowest BCUT2D eigenvalue weighted by atomic mass is 10.1. The van der Waals surface area contributed by atoms with Crippen LogP contribution in [0.15, 0.2) is 59.0 Å². The SMILES string of the molecule is Cl.Fc1ccccc1CCNCc1ccc(-c2cc(Cl)cc(Cl)c2)o1. The lowest BCUT2D eigenvalue weighted by Crippen LogP contribution is -2.16. The van der Waals surface area contributed by atoms with Crippen LogP contribution in [0.1, 0.15) is 11.3 Å². The molecular formula is C19H17Cl3FNO. The Kier molecular flexibility index (Phi) is 7.33. The average Bonchev–Trinajstić information content (AvgIpc) is 3.01. The van der Waals surface area contributed by atoms with Crippen LogP contribution in [0.5, 0.6) is 0 Å². The van der Waals surface area contributed by atoms with Crippen molar-refractivity contribution >= 4 is 35.6 Å². The summed E-state index contributed by atoms with van der Waals surface area (Å²) < 4.78 is 19.3. The number of rotatable bonds is 6. The van der Waals surface area contributed by atoms with Crippen LogP contribution in [0.25, 0.3) is 11.3 Å². The smallest absolute Gasteiger partial charge is 0.134 e. The molecule has 1 heterocycles. The van der Waals surface area contributed by atoms with Crippen molar-refractivity contribution in [3.63, 3.8) is 0 Å². The maximum atomic E-state index is 13.5. The Labute approximate surface area is 162 Å². The quantitative estimate of drug-likeness (QED) is 0.502. The first kappa shape index (κ1) is 19.8. The van der Waals surface area contributed by atoms with Crippen LogP contribution in [0.3, 0.4) is 0 Å². The summed E-state index contributed by atoms with van der Waals surface area (Å²) in [5.41, 5.74) is 1.55. The molecule has 0 bridgehead atoms. The lowest BCUT2D eigenvalue weighted by molar-refractivity contribution is 0.493. The van der Waals surface area contributed by atoms with Crippen LogP contribution in [0.4, 0.5) is 4.39 Å². The van der Waals surface area contributed by atoms with E-state index in [0.29, 0.717) is 40.9 Å². The van der Waals surface area contributed by atoms with E-state index < -0.39 is 0 Å². The van der Waals surface area contributed by atoms with E-state index in [9.17, 15) is 4.39 Å². The maximum absolute atomic E-state index is 13.5. The molecule has 3 aromatic rings. The number of nitrogens with one attached hydrogen (secondary N) is 1. The monoisotopic (exact) mass is 399 g/mol. The molecule has 0 atom stereocenters. The van der Waals surface area contributed by atoms with Crippen LogP contribution in [0, 0.1) is 5.82 Å². The van der Waals surface area contributed by atoms with E-state index in [-0.39, 0.29) is 18.2 Å². The van der Waals surface area contributed by atoms with Gasteiger partial charge in [-0.05, 0) is 54.9 Å². The molecule has 0 fully saturated rings. The summed E-state index contributed by atoms with van der Waals surface area (Å²) in [5, 5.41) is 4.39. The van der Waals surface area contributed by atoms with Gasteiger partial charge < -0.3 is 9.73 Å². The number of furan rings is 1. The van der Waals surface area contributed by atoms with Gasteiger partial charge in [0.05, 0.1) is 6.54 Å². The van der Waals surface area contributed by atoms with Crippen molar-refractivity contribution in [3.05, 3.63) is 81.8 Å². The highest BCUT2D eigenvalue weighted by atomic mass is 35.5. The standard InChI is InChI=1S/C19H16Cl2FNO.ClH/c20-15-9-14(10-16(21)11-15)19-6-5-17(24-19)12-23-8-7-13-3-1-2-4-18(13)22;/h1-6,9-11,23H,7-8,12H2;1H. The second kappa shape index (κ2) is 9.25. The van der Waals surface area contributed by atoms with E-state index in [1.165, 1.54) is 6.07 Å². The molecule has 2 aromatic carbocycles. The van der Waals surface area contributed by atoms with Crippen molar-refractivity contribution in [2.45, 2.75) is 13.0 Å². The van der Waals surface area contributed by atoms with Gasteiger partial charge in [0.1, 0.15) is 17.3 Å². The summed E-state index contributed by atoms with van der Waals surface area (Å²) >= 11 is 12.0. The first-order valence-corrected chi connectivity index (χ1v) is 8.37. The molecule has 132 valence electrons. The van der Waals surface area contributed by atoms with Crippen LogP contribution < -0.4 is 5.32 Å². The zero-order valence-electron chi connectivity index (χ0n) is 13.3. The molecule has 0 saturated heterocycles. The van der Waals surface area contributed by atoms with Gasteiger partial charge in [-0.3, -0.25) is 0 Å². The first-order chi connectivity index (χ1) is 11.6. The Hall–Kier alpha value is -1.52. The largest absolute Gasteiger partial charge is 0.460 e. The van der Waals surface area contributed by atoms with Crippen molar-refractivity contribution in [2.24, 2.45) is 0 Å². The predicted molar refractivity (Wildman–Crippen MR) is 103 cm³/mol. The summed E-state index contributed by atoms with van der Waals surface area (Å²) in [6.07, 6.45) is 0.629. The third-order valence-electron chi connectivity index (χ3n) is 3.64. The summed E-state index contributed by atoms with van der Waals surface area (Å²) in [6, 6.07) is 15.9. The van der Waals surface area contributed by atoms with Crippen LogP contribution in [-0.4, -0.2) is 6.54 Å². The van der Waals surface area contributed by atoms with Gasteiger partial charge in [0.2, 0.25) is 0 Å². The van der Waals surface area contributed by atoms with Crippen LogP contribution in [-0.2, 0) is 13.0 Å². The zero-order valence-corrected chi connectivity index (χ0v) is 15.6. The summed E-state index contributed by atoms with van der Waals surface area (Å²) in [5.74, 6) is 1.34. The Morgan fingerprint density at radius 1 is 0.960 bits per heavy atom. The normalized spacial score (nSPS) is 10.5. The molecule has 1 N–H and O–H groups in total. The molecule has 0 radical (unpaired) electrons. The van der Waals surface area contributed by atoms with Crippen molar-refractivity contribution in [2.75, 3.05) is 6.54 Å². The Morgan fingerprint density at radius 3 is 2.40 bits per heavy atom. The zero-order chi connectivity index (χ0) is 16.9. The second-order valence-corrected chi connectivity index (χ2v) is 6.32. The molecule has 2 nitrogen and oxygen atoms in total. The molecule has 0 spiro atoms. The highest BCUT2D eigenvalue weighted by Gasteiger charge is 2.07. The first-order valence-electron chi connectivity index (χ1n) is 7.61. The van der Waals surface area contributed by atoms with Crippen molar-refractivity contribution < 1.29 is 8.81 Å². The third-order valence-corrected chi connectivity index (χ3v) is 4.07. The second-order valence-electron chi connectivity index (χ2n) is 5.44. The lowest BCUT2D eigenvalue weighted by Gasteiger charge is -2.04. The van der Waals surface area contributed by atoms with E-state index in [2.05, 4.69) is 5.32 Å². The maximum Gasteiger partial charge on any atom is 0.134 e. The Bertz CT molecular complexity index is 815. The minimum atomic E-state index is -0.169. The van der Waals surface area contributed by atoms with Crippen molar-refractivity contribution in [1.29, 1.82) is 0 Å². The molecule has 0 aliphatic heterocycles. The fraction of sp³-hybridized carbons (Fsp3) is 0.158. The molecule has 0 amide bonds. The van der Waals surface area contributed by atoms with Gasteiger partial charge >= 0.3 is 0 Å².